The van der Waals surface area contributed by atoms with Gasteiger partial charge in [-0.15, -0.1) is 0 Å². The summed E-state index contributed by atoms with van der Waals surface area (Å²) in [6.07, 6.45) is 13.0. The molecule has 0 bridgehead atoms. The highest BCUT2D eigenvalue weighted by molar-refractivity contribution is 5.72. The van der Waals surface area contributed by atoms with Crippen LogP contribution in [0.4, 0.5) is 5.69 Å². The number of hydrogen-bond acceptors (Lipinski definition) is 2. The van der Waals surface area contributed by atoms with E-state index < -0.39 is 0 Å². The third-order valence-electron chi connectivity index (χ3n) is 7.41. The van der Waals surface area contributed by atoms with Crippen LogP contribution in [0.25, 0.3) is 17.2 Å². The number of unbranched alkanes of at least 4 members (excludes halogenated alkanes) is 4. The predicted octanol–water partition coefficient (Wildman–Crippen LogP) is 11.1. The van der Waals surface area contributed by atoms with E-state index in [1.165, 1.54) is 83.0 Å². The van der Waals surface area contributed by atoms with Crippen molar-refractivity contribution in [3.8, 4) is 11.1 Å². The smallest absolute Gasteiger partial charge is 0.0862 e. The maximum atomic E-state index is 4.68. The van der Waals surface area contributed by atoms with Crippen LogP contribution in [0.5, 0.6) is 0 Å². The van der Waals surface area contributed by atoms with Crippen LogP contribution in [0.3, 0.4) is 0 Å². The molecule has 0 atom stereocenters. The van der Waals surface area contributed by atoms with Crippen molar-refractivity contribution >= 4 is 11.8 Å². The number of benzene rings is 3. The van der Waals surface area contributed by atoms with Crippen LogP contribution in [0, 0.1) is 13.8 Å². The van der Waals surface area contributed by atoms with Gasteiger partial charge in [0.05, 0.1) is 11.4 Å². The summed E-state index contributed by atoms with van der Waals surface area (Å²) < 4.78 is 0. The zero-order valence-corrected chi connectivity index (χ0v) is 24.0. The van der Waals surface area contributed by atoms with Crippen molar-refractivity contribution in [2.45, 2.75) is 99.3 Å². The van der Waals surface area contributed by atoms with E-state index in [1.807, 2.05) is 0 Å². The first-order valence-corrected chi connectivity index (χ1v) is 14.4. The molecule has 3 aromatic rings. The molecule has 2 heteroatoms. The lowest BCUT2D eigenvalue weighted by atomic mass is 9.91. The normalized spacial score (nSPS) is 12.0. The van der Waals surface area contributed by atoms with E-state index in [9.17, 15) is 0 Å². The van der Waals surface area contributed by atoms with Gasteiger partial charge < -0.3 is 0 Å². The molecule has 0 unspecified atom stereocenters. The fraction of sp³-hybridized carbons (Fsp3) is 0.429. The highest BCUT2D eigenvalue weighted by atomic mass is 15.1. The second-order valence-electron chi connectivity index (χ2n) is 10.4. The van der Waals surface area contributed by atoms with Crippen molar-refractivity contribution in [3.05, 3.63) is 93.7 Å². The van der Waals surface area contributed by atoms with Crippen LogP contribution >= 0.6 is 0 Å². The Kier molecular flexibility index (Phi) is 11.3. The van der Waals surface area contributed by atoms with Gasteiger partial charge in [0.1, 0.15) is 0 Å². The molecule has 0 aliphatic rings. The lowest BCUT2D eigenvalue weighted by molar-refractivity contribution is 0.665. The summed E-state index contributed by atoms with van der Waals surface area (Å²) in [5, 5.41) is 9.33. The third kappa shape index (κ3) is 8.25. The lowest BCUT2D eigenvalue weighted by Gasteiger charge is -2.14. The second kappa shape index (κ2) is 14.7. The first-order valence-electron chi connectivity index (χ1n) is 14.4. The summed E-state index contributed by atoms with van der Waals surface area (Å²) >= 11 is 0. The van der Waals surface area contributed by atoms with Crippen molar-refractivity contribution in [2.24, 2.45) is 10.2 Å². The molecule has 2 nitrogen and oxygen atoms in total. The summed E-state index contributed by atoms with van der Waals surface area (Å²) in [5.41, 5.74) is 12.7. The maximum absolute atomic E-state index is 4.68. The fourth-order valence-electron chi connectivity index (χ4n) is 5.08. The molecule has 0 saturated heterocycles. The van der Waals surface area contributed by atoms with Crippen LogP contribution in [0.1, 0.15) is 99.6 Å². The van der Waals surface area contributed by atoms with Gasteiger partial charge in [-0.25, -0.2) is 0 Å². The highest BCUT2D eigenvalue weighted by Crippen LogP contribution is 2.30. The van der Waals surface area contributed by atoms with E-state index in [-0.39, 0.29) is 0 Å². The molecule has 0 saturated carbocycles. The first-order chi connectivity index (χ1) is 18.0. The Morgan fingerprint density at radius 3 is 2.11 bits per heavy atom. The molecule has 37 heavy (non-hydrogen) atoms. The van der Waals surface area contributed by atoms with Gasteiger partial charge >= 0.3 is 0 Å². The van der Waals surface area contributed by atoms with Gasteiger partial charge in [-0.2, -0.15) is 10.2 Å². The molecule has 196 valence electrons. The van der Waals surface area contributed by atoms with Gasteiger partial charge in [-0.3, -0.25) is 0 Å². The summed E-state index contributed by atoms with van der Waals surface area (Å²) in [6.45, 7) is 13.3. The average Bonchev–Trinajstić information content (AvgIpc) is 2.91. The minimum atomic E-state index is 0.924. The van der Waals surface area contributed by atoms with Crippen molar-refractivity contribution in [3.63, 3.8) is 0 Å². The standard InChI is InChI=1S/C35H46N2/c1-7-10-12-14-20-33-25-34(24-30(9-3)27(33)5)37-36-26(4)21-29-22-32(17-11-8-2)28(6)35(23-29)31-18-15-13-16-19-31/h13,15-16,18-19,21-25H,7-12,14,17,20H2,1-6H3. The minimum absolute atomic E-state index is 0.924. The van der Waals surface area contributed by atoms with Crippen molar-refractivity contribution in [1.82, 2.24) is 0 Å². The van der Waals surface area contributed by atoms with Crippen molar-refractivity contribution in [1.29, 1.82) is 0 Å². The van der Waals surface area contributed by atoms with E-state index >= 15 is 0 Å². The second-order valence-corrected chi connectivity index (χ2v) is 10.4. The molecular formula is C35H46N2. The third-order valence-corrected chi connectivity index (χ3v) is 7.41. The molecule has 3 rings (SSSR count). The molecule has 0 spiro atoms. The van der Waals surface area contributed by atoms with E-state index in [1.54, 1.807) is 0 Å². The number of azo groups is 1. The molecule has 0 aliphatic carbocycles. The maximum Gasteiger partial charge on any atom is 0.0862 e. The van der Waals surface area contributed by atoms with E-state index in [0.717, 1.165) is 30.6 Å². The predicted molar refractivity (Wildman–Crippen MR) is 162 cm³/mol. The van der Waals surface area contributed by atoms with E-state index in [0.29, 0.717) is 0 Å². The van der Waals surface area contributed by atoms with Crippen molar-refractivity contribution in [2.75, 3.05) is 0 Å². The summed E-state index contributed by atoms with van der Waals surface area (Å²) in [5.74, 6) is 0. The molecule has 0 amide bonds. The van der Waals surface area contributed by atoms with Crippen LogP contribution in [0.2, 0.25) is 0 Å². The number of nitrogens with zero attached hydrogens (tertiary/aromatic N) is 2. The molecule has 0 heterocycles. The Hall–Kier alpha value is -3.00. The van der Waals surface area contributed by atoms with Gasteiger partial charge in [0, 0.05) is 0 Å². The van der Waals surface area contributed by atoms with Gasteiger partial charge in [-0.05, 0) is 122 Å². The van der Waals surface area contributed by atoms with Crippen LogP contribution in [-0.2, 0) is 19.3 Å². The van der Waals surface area contributed by atoms with Gasteiger partial charge in [0.15, 0.2) is 0 Å². The molecule has 3 aromatic carbocycles. The molecule has 0 N–H and O–H groups in total. The van der Waals surface area contributed by atoms with E-state index in [2.05, 4.69) is 112 Å². The number of hydrogen-bond donors (Lipinski definition) is 0. The van der Waals surface area contributed by atoms with Gasteiger partial charge in [0.25, 0.3) is 0 Å². The lowest BCUT2D eigenvalue weighted by Crippen LogP contribution is -1.95. The van der Waals surface area contributed by atoms with E-state index in [4.69, 9.17) is 0 Å². The summed E-state index contributed by atoms with van der Waals surface area (Å²) in [4.78, 5) is 0. The summed E-state index contributed by atoms with van der Waals surface area (Å²) in [6, 6.07) is 19.8. The zero-order chi connectivity index (χ0) is 26.6. The molecule has 0 radical (unpaired) electrons. The fourth-order valence-corrected chi connectivity index (χ4v) is 5.08. The number of allylic oxidation sites excluding steroid dienone is 1. The van der Waals surface area contributed by atoms with Crippen LogP contribution in [0.15, 0.2) is 70.5 Å². The molecule has 0 aliphatic heterocycles. The Balaban J connectivity index is 1.89. The first kappa shape index (κ1) is 28.6. The van der Waals surface area contributed by atoms with Gasteiger partial charge in [0.2, 0.25) is 0 Å². The Labute approximate surface area is 226 Å². The number of rotatable bonds is 13. The molecule has 0 fully saturated rings. The SMILES string of the molecule is CCCCCCc1cc(N=NC(C)=Cc2cc(CCCC)c(C)c(-c3ccccc3)c2)cc(CC)c1C. The Morgan fingerprint density at radius 1 is 0.730 bits per heavy atom. The Morgan fingerprint density at radius 2 is 1.41 bits per heavy atom. The van der Waals surface area contributed by atoms with Crippen LogP contribution in [-0.4, -0.2) is 0 Å². The quantitative estimate of drug-likeness (QED) is 0.167. The summed E-state index contributed by atoms with van der Waals surface area (Å²) in [7, 11) is 0. The topological polar surface area (TPSA) is 24.7 Å². The number of aryl methyl sites for hydroxylation is 3. The Bertz CT molecular complexity index is 1200. The monoisotopic (exact) mass is 494 g/mol. The van der Waals surface area contributed by atoms with Gasteiger partial charge in [-0.1, -0.05) is 82.9 Å². The van der Waals surface area contributed by atoms with Crippen molar-refractivity contribution < 1.29 is 0 Å². The molecule has 0 aromatic heterocycles. The average molecular weight is 495 g/mol. The molecular weight excluding hydrogens is 448 g/mol. The van der Waals surface area contributed by atoms with Crippen LogP contribution < -0.4 is 0 Å². The zero-order valence-electron chi connectivity index (χ0n) is 24.0. The minimum Gasteiger partial charge on any atom is -0.155 e. The largest absolute Gasteiger partial charge is 0.155 e. The highest BCUT2D eigenvalue weighted by Gasteiger charge is 2.10.